The van der Waals surface area contributed by atoms with E-state index in [1.54, 1.807) is 0 Å². The first-order valence-electron chi connectivity index (χ1n) is 16.3. The quantitative estimate of drug-likeness (QED) is 0.0985. The van der Waals surface area contributed by atoms with E-state index < -0.39 is 23.9 Å². The molecule has 0 aliphatic carbocycles. The van der Waals surface area contributed by atoms with Crippen molar-refractivity contribution in [3.8, 4) is 0 Å². The summed E-state index contributed by atoms with van der Waals surface area (Å²) in [6.45, 7) is 7.59. The van der Waals surface area contributed by atoms with Gasteiger partial charge in [-0.1, -0.05) is 0 Å². The second-order valence-electron chi connectivity index (χ2n) is 12.7. The molecule has 0 radical (unpaired) electrons. The number of rotatable bonds is 12. The number of hydrogen-bond acceptors (Lipinski definition) is 4. The third kappa shape index (κ3) is 7.57. The van der Waals surface area contributed by atoms with Crippen LogP contribution in [0, 0.1) is 27.7 Å². The Balaban J connectivity index is 2.04. The lowest BCUT2D eigenvalue weighted by atomic mass is 10.0. The molecule has 0 saturated heterocycles. The predicted octanol–water partition coefficient (Wildman–Crippen LogP) is 4.82. The summed E-state index contributed by atoms with van der Waals surface area (Å²) in [4.78, 5) is 61.3. The molecule has 0 aromatic carbocycles. The van der Waals surface area contributed by atoms with Crippen molar-refractivity contribution in [2.75, 3.05) is 0 Å². The number of fused-ring (bicyclic) bond motifs is 8. The normalized spacial score (nSPS) is 12.9. The number of aliphatic carboxylic acids is 4. The van der Waals surface area contributed by atoms with Crippen molar-refractivity contribution in [3.05, 3.63) is 88.7 Å². The molecule has 276 valence electrons. The number of carbonyl (C=O) groups is 4. The zero-order valence-electron chi connectivity index (χ0n) is 28.6. The van der Waals surface area contributed by atoms with Crippen LogP contribution in [0.2, 0.25) is 0 Å². The second-order valence-corrected chi connectivity index (χ2v) is 15.9. The van der Waals surface area contributed by atoms with Crippen molar-refractivity contribution in [2.45, 2.75) is 79.1 Å². The van der Waals surface area contributed by atoms with Gasteiger partial charge in [0, 0.05) is 25.7 Å². The van der Waals surface area contributed by atoms with E-state index in [9.17, 15) is 39.6 Å². The van der Waals surface area contributed by atoms with Crippen molar-refractivity contribution in [1.29, 1.82) is 0 Å². The van der Waals surface area contributed by atoms with Crippen LogP contribution in [0.5, 0.6) is 0 Å². The topological polar surface area (TPSA) is 212 Å². The molecule has 0 spiro atoms. The maximum atomic E-state index is 11.8. The standard InChI is InChI=1S/C36H36Br4N4O8/c1-13-17(5-9-21(45)46)33-26(38)31-15(3)18(6-10-22(47)48)34(43-31)27(39)32-16(4)20(8-12-24(51)52)36(44-32)28(40)35-19(7-11-23(49)50)14(2)30(42-35)25(37)29(13)41-33/h41-44H,5-12H2,1-4H3,(H,45,46)(H,47,48)(H,49,50)(H,51,52). The number of carboxylic acid groups (broad SMARTS) is 4. The molecule has 0 atom stereocenters. The van der Waals surface area contributed by atoms with Gasteiger partial charge in [0.2, 0.25) is 0 Å². The monoisotopic (exact) mass is 968 g/mol. The highest BCUT2D eigenvalue weighted by Crippen LogP contribution is 2.35. The lowest BCUT2D eigenvalue weighted by molar-refractivity contribution is -0.138. The lowest BCUT2D eigenvalue weighted by Gasteiger charge is -2.05. The van der Waals surface area contributed by atoms with Crippen LogP contribution >= 0.6 is 63.7 Å². The van der Waals surface area contributed by atoms with E-state index in [2.05, 4.69) is 83.7 Å². The molecular weight excluding hydrogens is 936 g/mol. The molecule has 0 amide bonds. The summed E-state index contributed by atoms with van der Waals surface area (Å²) in [6, 6.07) is 0. The molecule has 1 aliphatic rings. The number of aromatic amines is 4. The van der Waals surface area contributed by atoms with Crippen molar-refractivity contribution >= 4 is 106 Å². The van der Waals surface area contributed by atoms with E-state index in [4.69, 9.17) is 0 Å². The predicted molar refractivity (Wildman–Crippen MR) is 210 cm³/mol. The minimum Gasteiger partial charge on any atom is -0.481 e. The zero-order chi connectivity index (χ0) is 38.3. The fourth-order valence-electron chi connectivity index (χ4n) is 6.84. The fraction of sp³-hybridized carbons (Fsp3) is 0.333. The van der Waals surface area contributed by atoms with Crippen LogP contribution < -0.4 is 21.4 Å². The highest BCUT2D eigenvalue weighted by molar-refractivity contribution is 9.15. The molecule has 5 heterocycles. The summed E-state index contributed by atoms with van der Waals surface area (Å²) in [5.41, 5.74) is 8.75. The number of carboxylic acids is 4. The summed E-state index contributed by atoms with van der Waals surface area (Å²) >= 11 is 15.3. The Bertz CT molecular complexity index is 2430. The Morgan fingerprint density at radius 1 is 0.404 bits per heavy atom. The Morgan fingerprint density at radius 2 is 0.673 bits per heavy atom. The van der Waals surface area contributed by atoms with Crippen molar-refractivity contribution < 1.29 is 39.6 Å². The third-order valence-electron chi connectivity index (χ3n) is 9.63. The molecule has 0 unspecified atom stereocenters. The first-order chi connectivity index (χ1) is 24.4. The summed E-state index contributed by atoms with van der Waals surface area (Å²) in [6.07, 6.45) is 0.288. The average Bonchev–Trinajstić information content (AvgIpc) is 3.79. The van der Waals surface area contributed by atoms with Gasteiger partial charge in [0.25, 0.3) is 0 Å². The van der Waals surface area contributed by atoms with Crippen molar-refractivity contribution in [2.24, 2.45) is 0 Å². The summed E-state index contributed by atoms with van der Waals surface area (Å²) in [5.74, 6) is -3.83. The SMILES string of the molecule is Cc1c2[nH]c(c1CCC(=O)O)C(Br)=c1[nH]c(c(CCC(=O)O)c1C)=C(Br)c1[nH]c(c(C)c1CCC(=O)O)C(Br)=c1[nH]c(c(CCC(=O)O)c1C)=C2Br. The van der Waals surface area contributed by atoms with Crippen LogP contribution in [0.1, 0.15) is 93.0 Å². The molecule has 52 heavy (non-hydrogen) atoms. The molecule has 12 nitrogen and oxygen atoms in total. The first-order valence-corrected chi connectivity index (χ1v) is 19.5. The van der Waals surface area contributed by atoms with E-state index in [-0.39, 0.29) is 51.4 Å². The van der Waals surface area contributed by atoms with Crippen LogP contribution in [0.4, 0.5) is 0 Å². The van der Waals surface area contributed by atoms with E-state index in [1.807, 2.05) is 27.7 Å². The average molecular weight is 972 g/mol. The van der Waals surface area contributed by atoms with E-state index in [1.165, 1.54) is 0 Å². The van der Waals surface area contributed by atoms with Crippen LogP contribution in [0.3, 0.4) is 0 Å². The van der Waals surface area contributed by atoms with Gasteiger partial charge in [-0.2, -0.15) is 0 Å². The Kier molecular flexibility index (Phi) is 12.0. The van der Waals surface area contributed by atoms with E-state index >= 15 is 0 Å². The molecule has 4 aromatic rings. The van der Waals surface area contributed by atoms with Gasteiger partial charge in [0.1, 0.15) is 0 Å². The maximum Gasteiger partial charge on any atom is 0.303 e. The molecule has 0 saturated carbocycles. The number of aromatic nitrogens is 4. The van der Waals surface area contributed by atoms with Crippen molar-refractivity contribution in [3.63, 3.8) is 0 Å². The van der Waals surface area contributed by atoms with Gasteiger partial charge in [0.05, 0.1) is 62.1 Å². The number of nitrogens with one attached hydrogen (secondary N) is 4. The Hall–Kier alpha value is -3.60. The summed E-state index contributed by atoms with van der Waals surface area (Å²) in [5, 5.41) is 41.2. The van der Waals surface area contributed by atoms with Gasteiger partial charge < -0.3 is 40.4 Å². The largest absolute Gasteiger partial charge is 0.481 e. The molecule has 8 N–H and O–H groups in total. The van der Waals surface area contributed by atoms with E-state index in [0.29, 0.717) is 62.1 Å². The molecule has 1 aliphatic heterocycles. The molecule has 5 rings (SSSR count). The van der Waals surface area contributed by atoms with E-state index in [0.717, 1.165) is 44.5 Å². The summed E-state index contributed by atoms with van der Waals surface area (Å²) in [7, 11) is 0. The number of H-pyrrole nitrogens is 4. The number of hydrogen-bond donors (Lipinski definition) is 8. The molecule has 4 aromatic heterocycles. The highest BCUT2D eigenvalue weighted by Gasteiger charge is 2.26. The molecule has 16 heteroatoms. The molecule has 8 bridgehead atoms. The van der Waals surface area contributed by atoms with Crippen molar-refractivity contribution in [1.82, 2.24) is 19.9 Å². The van der Waals surface area contributed by atoms with Gasteiger partial charge in [-0.3, -0.25) is 19.2 Å². The smallest absolute Gasteiger partial charge is 0.303 e. The zero-order valence-corrected chi connectivity index (χ0v) is 34.9. The second kappa shape index (κ2) is 15.8. The lowest BCUT2D eigenvalue weighted by Crippen LogP contribution is -2.17. The van der Waals surface area contributed by atoms with Crippen LogP contribution in [0.25, 0.3) is 17.9 Å². The molecular formula is C36H36Br4N4O8. The summed E-state index contributed by atoms with van der Waals surface area (Å²) < 4.78 is 2.41. The van der Waals surface area contributed by atoms with Crippen LogP contribution in [-0.4, -0.2) is 64.2 Å². The van der Waals surface area contributed by atoms with Crippen LogP contribution in [-0.2, 0) is 44.9 Å². The minimum absolute atomic E-state index is 0.119. The fourth-order valence-corrected chi connectivity index (χ4v) is 9.78. The van der Waals surface area contributed by atoms with Gasteiger partial charge >= 0.3 is 23.9 Å². The molecule has 0 fully saturated rings. The Morgan fingerprint density at radius 3 is 1.00 bits per heavy atom. The first kappa shape index (κ1) is 39.6. The maximum absolute atomic E-state index is 11.8. The Labute approximate surface area is 330 Å². The van der Waals surface area contributed by atoms with Gasteiger partial charge in [-0.15, -0.1) is 0 Å². The van der Waals surface area contributed by atoms with Gasteiger partial charge in [-0.05, 0) is 162 Å². The number of halogens is 4. The van der Waals surface area contributed by atoms with Crippen LogP contribution in [0.15, 0.2) is 0 Å². The highest BCUT2D eigenvalue weighted by atomic mass is 79.9. The third-order valence-corrected chi connectivity index (χ3v) is 12.8. The van der Waals surface area contributed by atoms with Gasteiger partial charge in [0.15, 0.2) is 0 Å². The minimum atomic E-state index is -0.964. The van der Waals surface area contributed by atoms with Gasteiger partial charge in [-0.25, -0.2) is 0 Å².